The summed E-state index contributed by atoms with van der Waals surface area (Å²) in [6, 6.07) is 21.2. The summed E-state index contributed by atoms with van der Waals surface area (Å²) in [5.74, 6) is 0.288. The van der Waals surface area contributed by atoms with Crippen LogP contribution in [0.5, 0.6) is 17.2 Å². The highest BCUT2D eigenvalue weighted by Crippen LogP contribution is 2.36. The summed E-state index contributed by atoms with van der Waals surface area (Å²) in [4.78, 5) is 17.1. The number of para-hydroxylation sites is 2. The molecule has 0 aliphatic rings. The molecule has 0 spiro atoms. The zero-order valence-corrected chi connectivity index (χ0v) is 19.6. The molecule has 34 heavy (non-hydrogen) atoms. The lowest BCUT2D eigenvalue weighted by atomic mass is 10.2. The predicted octanol–water partition coefficient (Wildman–Crippen LogP) is 4.05. The molecule has 4 aromatic rings. The number of nitrogens with zero attached hydrogens (tertiary/aromatic N) is 3. The van der Waals surface area contributed by atoms with E-state index in [1.54, 1.807) is 12.1 Å². The molecular weight excluding hydrogens is 452 g/mol. The number of fused-ring (bicyclic) bond motifs is 1. The average molecular weight is 477 g/mol. The summed E-state index contributed by atoms with van der Waals surface area (Å²) in [6.45, 7) is 0.661. The third-order valence-electron chi connectivity index (χ3n) is 5.04. The third kappa shape index (κ3) is 5.32. The first-order chi connectivity index (χ1) is 16.6. The number of hydrogen-bond donors (Lipinski definition) is 2. The number of rotatable bonds is 9. The first-order valence-corrected chi connectivity index (χ1v) is 11.5. The van der Waals surface area contributed by atoms with E-state index >= 15 is 0 Å². The lowest BCUT2D eigenvalue weighted by molar-refractivity contribution is -0.118. The number of ether oxygens (including phenoxy) is 2. The van der Waals surface area contributed by atoms with Gasteiger partial charge in [-0.25, -0.2) is 10.4 Å². The minimum atomic E-state index is -0.266. The lowest BCUT2D eigenvalue weighted by Crippen LogP contribution is -2.20. The number of methoxy groups -OCH3 is 2. The van der Waals surface area contributed by atoms with Crippen molar-refractivity contribution in [3.05, 3.63) is 77.9 Å². The molecule has 0 saturated heterocycles. The van der Waals surface area contributed by atoms with Gasteiger partial charge in [-0.1, -0.05) is 54.2 Å². The van der Waals surface area contributed by atoms with Crippen molar-refractivity contribution in [2.24, 2.45) is 5.10 Å². The van der Waals surface area contributed by atoms with Gasteiger partial charge in [0, 0.05) is 5.56 Å². The number of carbonyl (C=O) groups excluding carboxylic acids is 1. The van der Waals surface area contributed by atoms with Crippen LogP contribution in [0.25, 0.3) is 11.0 Å². The monoisotopic (exact) mass is 476 g/mol. The van der Waals surface area contributed by atoms with Gasteiger partial charge in [0.1, 0.15) is 0 Å². The van der Waals surface area contributed by atoms with Gasteiger partial charge in [-0.15, -0.1) is 0 Å². The number of benzene rings is 3. The first-order valence-electron chi connectivity index (χ1n) is 10.5. The Bertz CT molecular complexity index is 1300. The summed E-state index contributed by atoms with van der Waals surface area (Å²) in [5.41, 5.74) is 6.18. The molecule has 4 rings (SSSR count). The highest BCUT2D eigenvalue weighted by Gasteiger charge is 2.14. The summed E-state index contributed by atoms with van der Waals surface area (Å²) >= 11 is 1.35. The quantitative estimate of drug-likeness (QED) is 0.215. The van der Waals surface area contributed by atoms with Gasteiger partial charge >= 0.3 is 0 Å². The molecule has 174 valence electrons. The first kappa shape index (κ1) is 23.2. The molecule has 0 saturated carbocycles. The van der Waals surface area contributed by atoms with Crippen LogP contribution in [0.15, 0.2) is 77.0 Å². The van der Waals surface area contributed by atoms with Crippen LogP contribution in [0.2, 0.25) is 0 Å². The van der Waals surface area contributed by atoms with Gasteiger partial charge in [-0.2, -0.15) is 5.10 Å². The molecule has 0 aliphatic carbocycles. The second-order valence-corrected chi connectivity index (χ2v) is 8.25. The van der Waals surface area contributed by atoms with Crippen molar-refractivity contribution < 1.29 is 19.4 Å². The van der Waals surface area contributed by atoms with Crippen LogP contribution in [0, 0.1) is 0 Å². The van der Waals surface area contributed by atoms with Crippen LogP contribution in [0.3, 0.4) is 0 Å². The third-order valence-corrected chi connectivity index (χ3v) is 6.02. The minimum absolute atomic E-state index is 0.0963. The van der Waals surface area contributed by atoms with Crippen LogP contribution >= 0.6 is 11.8 Å². The number of aromatic nitrogens is 2. The van der Waals surface area contributed by atoms with Crippen molar-refractivity contribution in [2.45, 2.75) is 11.7 Å². The van der Waals surface area contributed by atoms with Crippen LogP contribution in [-0.2, 0) is 11.3 Å². The second kappa shape index (κ2) is 10.8. The van der Waals surface area contributed by atoms with Gasteiger partial charge in [0.25, 0.3) is 5.91 Å². The highest BCUT2D eigenvalue weighted by atomic mass is 32.2. The molecular formula is C25H24N4O4S. The molecule has 9 heteroatoms. The minimum Gasteiger partial charge on any atom is -0.502 e. The number of phenols is 1. The van der Waals surface area contributed by atoms with Crippen molar-refractivity contribution in [2.75, 3.05) is 20.0 Å². The molecule has 0 unspecified atom stereocenters. The number of phenolic OH excluding ortho intramolecular Hbond substituents is 1. The van der Waals surface area contributed by atoms with Crippen molar-refractivity contribution in [1.29, 1.82) is 0 Å². The van der Waals surface area contributed by atoms with E-state index in [1.165, 1.54) is 32.2 Å². The number of aromatic hydroxyl groups is 1. The molecule has 1 heterocycles. The fourth-order valence-corrected chi connectivity index (χ4v) is 4.22. The standard InChI is InChI=1S/C25H24N4O4S/c1-32-21-12-18(13-22(33-2)24(21)31)14-26-28-23(30)16-34-25-27-19-10-6-7-11-20(19)29(25)15-17-8-4-3-5-9-17/h3-14,31H,15-16H2,1-2H3,(H,28,30)/b26-14-. The van der Waals surface area contributed by atoms with E-state index in [4.69, 9.17) is 14.5 Å². The van der Waals surface area contributed by atoms with E-state index in [0.717, 1.165) is 21.8 Å². The molecule has 0 aliphatic heterocycles. The number of amides is 1. The number of hydrazone groups is 1. The van der Waals surface area contributed by atoms with E-state index in [9.17, 15) is 9.90 Å². The predicted molar refractivity (Wildman–Crippen MR) is 133 cm³/mol. The number of carbonyl (C=O) groups is 1. The molecule has 0 atom stereocenters. The molecule has 8 nitrogen and oxygen atoms in total. The summed E-state index contributed by atoms with van der Waals surface area (Å²) in [6.07, 6.45) is 1.46. The van der Waals surface area contributed by atoms with Crippen LogP contribution in [0.1, 0.15) is 11.1 Å². The zero-order chi connectivity index (χ0) is 23.9. The topological polar surface area (TPSA) is 98.0 Å². The number of imidazole rings is 1. The Balaban J connectivity index is 1.43. The van der Waals surface area contributed by atoms with Crippen molar-refractivity contribution in [1.82, 2.24) is 15.0 Å². The number of thioether (sulfide) groups is 1. The maximum Gasteiger partial charge on any atom is 0.250 e. The Hall–Kier alpha value is -3.98. The van der Waals surface area contributed by atoms with Crippen molar-refractivity contribution >= 4 is 34.9 Å². The Kier molecular flexibility index (Phi) is 7.34. The Morgan fingerprint density at radius 2 is 1.76 bits per heavy atom. The van der Waals surface area contributed by atoms with Gasteiger partial charge in [0.05, 0.1) is 43.8 Å². The number of hydrogen-bond acceptors (Lipinski definition) is 7. The van der Waals surface area contributed by atoms with Gasteiger partial charge in [-0.3, -0.25) is 4.79 Å². The smallest absolute Gasteiger partial charge is 0.250 e. The Morgan fingerprint density at radius 3 is 2.47 bits per heavy atom. The molecule has 3 aromatic carbocycles. The largest absolute Gasteiger partial charge is 0.502 e. The molecule has 0 radical (unpaired) electrons. The van der Waals surface area contributed by atoms with E-state index in [0.29, 0.717) is 12.1 Å². The molecule has 2 N–H and O–H groups in total. The van der Waals surface area contributed by atoms with Gasteiger partial charge in [-0.05, 0) is 29.8 Å². The Labute approximate surface area is 201 Å². The van der Waals surface area contributed by atoms with E-state index in [1.807, 2.05) is 42.5 Å². The average Bonchev–Trinajstić information content (AvgIpc) is 3.21. The highest BCUT2D eigenvalue weighted by molar-refractivity contribution is 7.99. The molecule has 0 fully saturated rings. The maximum atomic E-state index is 12.4. The van der Waals surface area contributed by atoms with E-state index < -0.39 is 0 Å². The van der Waals surface area contributed by atoms with E-state index in [-0.39, 0.29) is 28.9 Å². The maximum absolute atomic E-state index is 12.4. The lowest BCUT2D eigenvalue weighted by Gasteiger charge is -2.09. The van der Waals surface area contributed by atoms with Gasteiger partial charge in [0.2, 0.25) is 5.75 Å². The van der Waals surface area contributed by atoms with Crippen molar-refractivity contribution in [3.8, 4) is 17.2 Å². The van der Waals surface area contributed by atoms with E-state index in [2.05, 4.69) is 27.2 Å². The van der Waals surface area contributed by atoms with Crippen LogP contribution < -0.4 is 14.9 Å². The number of nitrogens with one attached hydrogen (secondary N) is 1. The second-order valence-electron chi connectivity index (χ2n) is 7.31. The summed E-state index contributed by atoms with van der Waals surface area (Å²) < 4.78 is 12.4. The van der Waals surface area contributed by atoms with Gasteiger partial charge < -0.3 is 19.1 Å². The van der Waals surface area contributed by atoms with Crippen LogP contribution in [0.4, 0.5) is 0 Å². The van der Waals surface area contributed by atoms with Crippen LogP contribution in [-0.4, -0.2) is 46.8 Å². The molecule has 0 bridgehead atoms. The SMILES string of the molecule is COc1cc(/C=N\NC(=O)CSc2nc3ccccc3n2Cc2ccccc2)cc(OC)c1O. The normalized spacial score (nSPS) is 11.1. The Morgan fingerprint density at radius 1 is 1.09 bits per heavy atom. The van der Waals surface area contributed by atoms with Gasteiger partial charge in [0.15, 0.2) is 16.7 Å². The summed E-state index contributed by atoms with van der Waals surface area (Å²) in [7, 11) is 2.89. The molecule has 1 amide bonds. The fraction of sp³-hybridized carbons (Fsp3) is 0.160. The molecule has 1 aromatic heterocycles. The zero-order valence-electron chi connectivity index (χ0n) is 18.8. The fourth-order valence-electron chi connectivity index (χ4n) is 3.41. The van der Waals surface area contributed by atoms with Crippen molar-refractivity contribution in [3.63, 3.8) is 0 Å². The summed E-state index contributed by atoms with van der Waals surface area (Å²) in [5, 5.41) is 14.8.